The van der Waals surface area contributed by atoms with E-state index in [9.17, 15) is 8.78 Å². The monoisotopic (exact) mass is 132 g/mol. The first-order valence-corrected chi connectivity index (χ1v) is 2.83. The van der Waals surface area contributed by atoms with Gasteiger partial charge < -0.3 is 0 Å². The summed E-state index contributed by atoms with van der Waals surface area (Å²) in [6, 6.07) is 0. The third kappa shape index (κ3) is 3.01. The standard InChI is InChI=1S/C7H10F2/c1-3-5-6(4-2)7(8)9/h4-5,7H,2-3H2,1H3/b6-5-. The van der Waals surface area contributed by atoms with Crippen molar-refractivity contribution in [2.45, 2.75) is 19.8 Å². The highest BCUT2D eigenvalue weighted by atomic mass is 19.3. The molecular formula is C7H10F2. The molecule has 0 aromatic heterocycles. The zero-order chi connectivity index (χ0) is 7.28. The van der Waals surface area contributed by atoms with Crippen LogP contribution in [0.3, 0.4) is 0 Å². The van der Waals surface area contributed by atoms with Crippen molar-refractivity contribution in [2.75, 3.05) is 0 Å². The molecule has 0 aliphatic rings. The van der Waals surface area contributed by atoms with E-state index in [0.717, 1.165) is 0 Å². The summed E-state index contributed by atoms with van der Waals surface area (Å²) in [6.45, 7) is 5.06. The summed E-state index contributed by atoms with van der Waals surface area (Å²) < 4.78 is 23.5. The predicted molar refractivity (Wildman–Crippen MR) is 34.6 cm³/mol. The molecule has 0 saturated heterocycles. The molecule has 0 heterocycles. The summed E-state index contributed by atoms with van der Waals surface area (Å²) >= 11 is 0. The first kappa shape index (κ1) is 8.34. The van der Waals surface area contributed by atoms with E-state index in [1.165, 1.54) is 12.2 Å². The molecule has 0 amide bonds. The lowest BCUT2D eigenvalue weighted by Gasteiger charge is -1.96. The Morgan fingerprint density at radius 3 is 2.33 bits per heavy atom. The van der Waals surface area contributed by atoms with Gasteiger partial charge in [-0.05, 0) is 6.42 Å². The largest absolute Gasteiger partial charge is 0.263 e. The molecular weight excluding hydrogens is 122 g/mol. The Hall–Kier alpha value is -0.660. The fourth-order valence-corrected chi connectivity index (χ4v) is 0.497. The van der Waals surface area contributed by atoms with Crippen molar-refractivity contribution >= 4 is 0 Å². The van der Waals surface area contributed by atoms with E-state index in [1.54, 1.807) is 0 Å². The molecule has 0 aromatic carbocycles. The highest BCUT2D eigenvalue weighted by Crippen LogP contribution is 2.09. The quantitative estimate of drug-likeness (QED) is 0.518. The van der Waals surface area contributed by atoms with Crippen LogP contribution in [0.2, 0.25) is 0 Å². The Kier molecular flexibility index (Phi) is 3.93. The Bertz CT molecular complexity index is 114. The molecule has 0 rings (SSSR count). The summed E-state index contributed by atoms with van der Waals surface area (Å²) in [4.78, 5) is 0. The summed E-state index contributed by atoms with van der Waals surface area (Å²) in [6.07, 6.45) is 0.916. The zero-order valence-electron chi connectivity index (χ0n) is 5.40. The minimum atomic E-state index is -2.37. The maximum absolute atomic E-state index is 11.7. The van der Waals surface area contributed by atoms with Crippen molar-refractivity contribution in [1.29, 1.82) is 0 Å². The maximum Gasteiger partial charge on any atom is 0.263 e. The van der Waals surface area contributed by atoms with Crippen LogP contribution < -0.4 is 0 Å². The second-order valence-electron chi connectivity index (χ2n) is 1.62. The van der Waals surface area contributed by atoms with Crippen molar-refractivity contribution in [3.63, 3.8) is 0 Å². The van der Waals surface area contributed by atoms with Gasteiger partial charge in [0.2, 0.25) is 0 Å². The van der Waals surface area contributed by atoms with E-state index in [1.807, 2.05) is 6.92 Å². The molecule has 0 aliphatic heterocycles. The second-order valence-corrected chi connectivity index (χ2v) is 1.62. The minimum absolute atomic E-state index is 0.0255. The van der Waals surface area contributed by atoms with Crippen molar-refractivity contribution in [2.24, 2.45) is 0 Å². The van der Waals surface area contributed by atoms with Gasteiger partial charge in [-0.1, -0.05) is 25.7 Å². The number of allylic oxidation sites excluding steroid dienone is 3. The topological polar surface area (TPSA) is 0 Å². The van der Waals surface area contributed by atoms with Gasteiger partial charge in [0.05, 0.1) is 0 Å². The molecule has 0 saturated carbocycles. The van der Waals surface area contributed by atoms with Crippen molar-refractivity contribution < 1.29 is 8.78 Å². The molecule has 0 nitrogen and oxygen atoms in total. The van der Waals surface area contributed by atoms with Crippen LogP contribution in [0.1, 0.15) is 13.3 Å². The molecule has 9 heavy (non-hydrogen) atoms. The van der Waals surface area contributed by atoms with Crippen LogP contribution in [0.15, 0.2) is 24.3 Å². The maximum atomic E-state index is 11.7. The SMILES string of the molecule is C=C/C(=C/CC)C(F)F. The van der Waals surface area contributed by atoms with Gasteiger partial charge in [0, 0.05) is 5.57 Å². The molecule has 0 spiro atoms. The third-order valence-electron chi connectivity index (χ3n) is 0.928. The van der Waals surface area contributed by atoms with Gasteiger partial charge in [-0.15, -0.1) is 0 Å². The Labute approximate surface area is 53.9 Å². The summed E-state index contributed by atoms with van der Waals surface area (Å²) in [5.41, 5.74) is 0.0255. The first-order chi connectivity index (χ1) is 4.22. The molecule has 2 heteroatoms. The molecule has 0 unspecified atom stereocenters. The van der Waals surface area contributed by atoms with Gasteiger partial charge >= 0.3 is 0 Å². The van der Waals surface area contributed by atoms with Gasteiger partial charge in [0.25, 0.3) is 6.43 Å². The van der Waals surface area contributed by atoms with Crippen LogP contribution in [-0.4, -0.2) is 6.43 Å². The first-order valence-electron chi connectivity index (χ1n) is 2.83. The van der Waals surface area contributed by atoms with Gasteiger partial charge in [-0.2, -0.15) is 0 Å². The van der Waals surface area contributed by atoms with Crippen LogP contribution in [0.4, 0.5) is 8.78 Å². The highest BCUT2D eigenvalue weighted by molar-refractivity contribution is 5.17. The number of halogens is 2. The number of alkyl halides is 2. The molecule has 0 atom stereocenters. The molecule has 0 fully saturated rings. The van der Waals surface area contributed by atoms with E-state index >= 15 is 0 Å². The van der Waals surface area contributed by atoms with Crippen LogP contribution in [-0.2, 0) is 0 Å². The average molecular weight is 132 g/mol. The van der Waals surface area contributed by atoms with Crippen LogP contribution >= 0.6 is 0 Å². The summed E-state index contributed by atoms with van der Waals surface area (Å²) in [5.74, 6) is 0. The fourth-order valence-electron chi connectivity index (χ4n) is 0.497. The van der Waals surface area contributed by atoms with Crippen molar-refractivity contribution in [3.05, 3.63) is 24.3 Å². The van der Waals surface area contributed by atoms with Gasteiger partial charge in [0.15, 0.2) is 0 Å². The van der Waals surface area contributed by atoms with Crippen LogP contribution in [0, 0.1) is 0 Å². The molecule has 0 aliphatic carbocycles. The smallest absolute Gasteiger partial charge is 0.205 e. The summed E-state index contributed by atoms with van der Waals surface area (Å²) in [5, 5.41) is 0. The molecule has 0 bridgehead atoms. The van der Waals surface area contributed by atoms with Crippen LogP contribution in [0.25, 0.3) is 0 Å². The highest BCUT2D eigenvalue weighted by Gasteiger charge is 2.04. The second kappa shape index (κ2) is 4.24. The predicted octanol–water partition coefficient (Wildman–Crippen LogP) is 2.77. The molecule has 0 N–H and O–H groups in total. The average Bonchev–Trinajstić information content (AvgIpc) is 1.82. The van der Waals surface area contributed by atoms with E-state index in [4.69, 9.17) is 0 Å². The van der Waals surface area contributed by atoms with E-state index < -0.39 is 6.43 Å². The van der Waals surface area contributed by atoms with Gasteiger partial charge in [-0.25, -0.2) is 8.78 Å². The Balaban J connectivity index is 3.97. The van der Waals surface area contributed by atoms with Crippen LogP contribution in [0.5, 0.6) is 0 Å². The van der Waals surface area contributed by atoms with Gasteiger partial charge in [0.1, 0.15) is 0 Å². The number of hydrogen-bond acceptors (Lipinski definition) is 0. The van der Waals surface area contributed by atoms with E-state index in [2.05, 4.69) is 6.58 Å². The molecule has 0 aromatic rings. The number of rotatable bonds is 3. The Morgan fingerprint density at radius 1 is 1.67 bits per heavy atom. The van der Waals surface area contributed by atoms with E-state index in [0.29, 0.717) is 6.42 Å². The normalized spacial score (nSPS) is 12.2. The molecule has 0 radical (unpaired) electrons. The zero-order valence-corrected chi connectivity index (χ0v) is 5.40. The lowest BCUT2D eigenvalue weighted by molar-refractivity contribution is 0.194. The fraction of sp³-hybridized carbons (Fsp3) is 0.429. The van der Waals surface area contributed by atoms with Gasteiger partial charge in [-0.3, -0.25) is 0 Å². The van der Waals surface area contributed by atoms with E-state index in [-0.39, 0.29) is 5.57 Å². The third-order valence-corrected chi connectivity index (χ3v) is 0.928. The lowest BCUT2D eigenvalue weighted by Crippen LogP contribution is -1.91. The van der Waals surface area contributed by atoms with Crippen molar-refractivity contribution in [1.82, 2.24) is 0 Å². The summed E-state index contributed by atoms with van der Waals surface area (Å²) in [7, 11) is 0. The van der Waals surface area contributed by atoms with Crippen molar-refractivity contribution in [3.8, 4) is 0 Å². The molecule has 52 valence electrons. The lowest BCUT2D eigenvalue weighted by atomic mass is 10.2. The minimum Gasteiger partial charge on any atom is -0.205 e. The number of hydrogen-bond donors (Lipinski definition) is 0. The Morgan fingerprint density at radius 2 is 2.22 bits per heavy atom.